The fraction of sp³-hybridized carbons (Fsp3) is 0.333. The van der Waals surface area contributed by atoms with E-state index in [2.05, 4.69) is 77.5 Å². The summed E-state index contributed by atoms with van der Waals surface area (Å²) in [6.07, 6.45) is 3.84. The molecule has 2 aliphatic heterocycles. The summed E-state index contributed by atoms with van der Waals surface area (Å²) in [6, 6.07) is 17.9. The second-order valence-electron chi connectivity index (χ2n) is 9.44. The number of nitrogens with two attached hydrogens (primary N) is 1. The lowest BCUT2D eigenvalue weighted by Gasteiger charge is -2.24. The van der Waals surface area contributed by atoms with Gasteiger partial charge in [-0.3, -0.25) is 4.79 Å². The first kappa shape index (κ1) is 21.5. The van der Waals surface area contributed by atoms with Crippen molar-refractivity contribution in [3.05, 3.63) is 65.9 Å². The zero-order valence-corrected chi connectivity index (χ0v) is 19.5. The second-order valence-corrected chi connectivity index (χ2v) is 9.44. The van der Waals surface area contributed by atoms with Crippen molar-refractivity contribution >= 4 is 17.4 Å². The van der Waals surface area contributed by atoms with Crippen molar-refractivity contribution in [1.82, 2.24) is 15.2 Å². The van der Waals surface area contributed by atoms with E-state index < -0.39 is 0 Å². The molecule has 3 N–H and O–H groups in total. The number of nitrogens with one attached hydrogen (secondary N) is 1. The van der Waals surface area contributed by atoms with Gasteiger partial charge >= 0.3 is 0 Å². The Kier molecular flexibility index (Phi) is 5.54. The highest BCUT2D eigenvalue weighted by Gasteiger charge is 2.30. The zero-order valence-electron chi connectivity index (χ0n) is 19.5. The molecule has 0 unspecified atom stereocenters. The Bertz CT molecular complexity index is 1190. The molecule has 33 heavy (non-hydrogen) atoms. The summed E-state index contributed by atoms with van der Waals surface area (Å²) in [4.78, 5) is 21.4. The van der Waals surface area contributed by atoms with Crippen LogP contribution < -0.4 is 16.0 Å². The zero-order chi connectivity index (χ0) is 23.1. The Hall–Kier alpha value is -3.38. The molecule has 1 amide bonds. The molecule has 3 heterocycles. The third-order valence-electron chi connectivity index (χ3n) is 7.07. The van der Waals surface area contributed by atoms with E-state index in [1.54, 1.807) is 0 Å². The topological polar surface area (TPSA) is 74.5 Å². The molecule has 0 spiro atoms. The Morgan fingerprint density at radius 2 is 1.79 bits per heavy atom. The number of aromatic nitrogens is 1. The van der Waals surface area contributed by atoms with Crippen LogP contribution in [0, 0.1) is 0 Å². The summed E-state index contributed by atoms with van der Waals surface area (Å²) in [6.45, 7) is 4.02. The van der Waals surface area contributed by atoms with Crippen LogP contribution >= 0.6 is 0 Å². The lowest BCUT2D eigenvalue weighted by Crippen LogP contribution is -2.32. The van der Waals surface area contributed by atoms with Crippen molar-refractivity contribution in [2.45, 2.75) is 31.8 Å². The van der Waals surface area contributed by atoms with Gasteiger partial charge in [0.2, 0.25) is 0 Å². The molecule has 2 aliphatic rings. The highest BCUT2D eigenvalue weighted by Crippen LogP contribution is 2.33. The highest BCUT2D eigenvalue weighted by molar-refractivity contribution is 5.97. The average Bonchev–Trinajstić information content (AvgIpc) is 3.21. The predicted molar refractivity (Wildman–Crippen MR) is 134 cm³/mol. The van der Waals surface area contributed by atoms with Crippen LogP contribution in [0.25, 0.3) is 22.3 Å². The number of nitrogen functional groups attached to an aromatic ring is 1. The third-order valence-corrected chi connectivity index (χ3v) is 7.07. The quantitative estimate of drug-likeness (QED) is 0.644. The van der Waals surface area contributed by atoms with E-state index in [1.807, 2.05) is 18.3 Å². The fourth-order valence-electron chi connectivity index (χ4n) is 5.04. The largest absolute Gasteiger partial charge is 0.383 e. The maximum absolute atomic E-state index is 12.1. The minimum Gasteiger partial charge on any atom is -0.383 e. The molecule has 0 bridgehead atoms. The molecule has 0 radical (unpaired) electrons. The summed E-state index contributed by atoms with van der Waals surface area (Å²) in [5, 5.41) is 2.89. The monoisotopic (exact) mass is 441 g/mol. The number of carbonyl (C=O) groups excluding carboxylic acids is 1. The van der Waals surface area contributed by atoms with Crippen LogP contribution in [0.3, 0.4) is 0 Å². The number of nitrogens with zero attached hydrogens (tertiary/aromatic N) is 3. The number of likely N-dealkylation sites (N-methyl/N-ethyl adjacent to an activating group) is 1. The summed E-state index contributed by atoms with van der Waals surface area (Å²) in [7, 11) is 4.32. The van der Waals surface area contributed by atoms with Crippen LogP contribution in [0.5, 0.6) is 0 Å². The van der Waals surface area contributed by atoms with E-state index in [4.69, 9.17) is 5.73 Å². The molecule has 2 atom stereocenters. The smallest absolute Gasteiger partial charge is 0.251 e. The van der Waals surface area contributed by atoms with Crippen molar-refractivity contribution in [2.24, 2.45) is 0 Å². The number of carbonyl (C=O) groups is 1. The minimum atomic E-state index is -0.00744. The van der Waals surface area contributed by atoms with Crippen molar-refractivity contribution in [2.75, 3.05) is 37.8 Å². The minimum absolute atomic E-state index is 0.00744. The molecule has 170 valence electrons. The maximum Gasteiger partial charge on any atom is 0.251 e. The van der Waals surface area contributed by atoms with E-state index in [9.17, 15) is 4.79 Å². The molecule has 0 aliphatic carbocycles. The van der Waals surface area contributed by atoms with E-state index in [1.165, 1.54) is 12.1 Å². The molecular weight excluding hydrogens is 410 g/mol. The van der Waals surface area contributed by atoms with Crippen molar-refractivity contribution in [1.29, 1.82) is 0 Å². The number of amides is 1. The van der Waals surface area contributed by atoms with Crippen LogP contribution in [-0.4, -0.2) is 55.1 Å². The molecular formula is C27H31N5O. The van der Waals surface area contributed by atoms with Gasteiger partial charge < -0.3 is 20.9 Å². The Labute approximate surface area is 195 Å². The number of anilines is 2. The van der Waals surface area contributed by atoms with Crippen molar-refractivity contribution < 1.29 is 4.79 Å². The number of hydrogen-bond donors (Lipinski definition) is 2. The van der Waals surface area contributed by atoms with Gasteiger partial charge in [0.1, 0.15) is 5.82 Å². The van der Waals surface area contributed by atoms with Crippen molar-refractivity contribution in [3.63, 3.8) is 0 Å². The molecule has 1 fully saturated rings. The van der Waals surface area contributed by atoms with Gasteiger partial charge in [-0.1, -0.05) is 24.3 Å². The number of fused-ring (bicyclic) bond motifs is 1. The molecule has 3 aromatic rings. The summed E-state index contributed by atoms with van der Waals surface area (Å²) in [5.74, 6) is 0.489. The van der Waals surface area contributed by atoms with Gasteiger partial charge in [-0.15, -0.1) is 0 Å². The van der Waals surface area contributed by atoms with Gasteiger partial charge in [-0.25, -0.2) is 4.98 Å². The molecule has 2 aromatic carbocycles. The van der Waals surface area contributed by atoms with Crippen LogP contribution in [-0.2, 0) is 6.42 Å². The Morgan fingerprint density at radius 3 is 2.52 bits per heavy atom. The van der Waals surface area contributed by atoms with Gasteiger partial charge in [-0.2, -0.15) is 0 Å². The van der Waals surface area contributed by atoms with Crippen LogP contribution in [0.4, 0.5) is 11.5 Å². The van der Waals surface area contributed by atoms with Crippen molar-refractivity contribution in [3.8, 4) is 22.3 Å². The van der Waals surface area contributed by atoms with Gasteiger partial charge in [0.15, 0.2) is 0 Å². The average molecular weight is 442 g/mol. The highest BCUT2D eigenvalue weighted by atomic mass is 16.1. The van der Waals surface area contributed by atoms with Crippen LogP contribution in [0.2, 0.25) is 0 Å². The summed E-state index contributed by atoms with van der Waals surface area (Å²) in [5.41, 5.74) is 13.4. The van der Waals surface area contributed by atoms with E-state index in [-0.39, 0.29) is 5.91 Å². The van der Waals surface area contributed by atoms with Gasteiger partial charge in [0.05, 0.1) is 0 Å². The Morgan fingerprint density at radius 1 is 1.03 bits per heavy atom. The van der Waals surface area contributed by atoms with Crippen LogP contribution in [0.15, 0.2) is 54.7 Å². The molecule has 1 saturated heterocycles. The molecule has 0 saturated carbocycles. The molecule has 5 rings (SSSR count). The van der Waals surface area contributed by atoms with Gasteiger partial charge in [0, 0.05) is 53.7 Å². The lowest BCUT2D eigenvalue weighted by molar-refractivity contribution is 0.0946. The lowest BCUT2D eigenvalue weighted by atomic mass is 9.94. The normalized spacial score (nSPS) is 20.1. The molecule has 1 aromatic heterocycles. The predicted octanol–water partition coefficient (Wildman–Crippen LogP) is 3.81. The SMILES string of the molecule is C[C@H]1C[C@@H](N(C)C)CN1c1ccc(-c2cnc(N)c(-c3ccc4c(c3)CCNC4=O)c2)cc1. The number of pyridine rings is 1. The standard InChI is InChI=1S/C27H31N5O/c1-17-12-23(31(2)3)16-32(17)22-7-4-18(5-8-22)21-14-25(26(28)30-15-21)19-6-9-24-20(13-19)10-11-29-27(24)33/h4-9,13-15,17,23H,10-12,16H2,1-3H3,(H2,28,30)(H,29,33)/t17-,23+/m0/s1. The first-order valence-corrected chi connectivity index (χ1v) is 11.6. The Balaban J connectivity index is 1.42. The van der Waals surface area contributed by atoms with Crippen LogP contribution in [0.1, 0.15) is 29.3 Å². The maximum atomic E-state index is 12.1. The van der Waals surface area contributed by atoms with Gasteiger partial charge in [-0.05, 0) is 74.8 Å². The fourth-order valence-corrected chi connectivity index (χ4v) is 5.04. The first-order chi connectivity index (χ1) is 15.9. The summed E-state index contributed by atoms with van der Waals surface area (Å²) < 4.78 is 0. The summed E-state index contributed by atoms with van der Waals surface area (Å²) >= 11 is 0. The second kappa shape index (κ2) is 8.52. The number of hydrogen-bond acceptors (Lipinski definition) is 5. The number of benzene rings is 2. The van der Waals surface area contributed by atoms with E-state index >= 15 is 0 Å². The first-order valence-electron chi connectivity index (χ1n) is 11.6. The van der Waals surface area contributed by atoms with E-state index in [0.717, 1.165) is 46.3 Å². The molecule has 6 heteroatoms. The third kappa shape index (κ3) is 4.07. The van der Waals surface area contributed by atoms with Gasteiger partial charge in [0.25, 0.3) is 5.91 Å². The van der Waals surface area contributed by atoms with E-state index in [0.29, 0.717) is 24.4 Å². The number of rotatable bonds is 4. The molecule has 6 nitrogen and oxygen atoms in total.